The lowest BCUT2D eigenvalue weighted by Crippen LogP contribution is -1.63. The molecule has 1 heteroatoms. The molecule has 0 saturated heterocycles. The summed E-state index contributed by atoms with van der Waals surface area (Å²) in [5.41, 5.74) is 0. The Labute approximate surface area is 42.0 Å². The van der Waals surface area contributed by atoms with Crippen LogP contribution in [0.1, 0.15) is 19.8 Å². The molecule has 0 N–H and O–H groups in total. The van der Waals surface area contributed by atoms with Gasteiger partial charge in [0.15, 0.2) is 0 Å². The van der Waals surface area contributed by atoms with E-state index >= 15 is 0 Å². The second-order valence-corrected chi connectivity index (χ2v) is 2.35. The number of hydrogen-bond donors (Lipinski definition) is 0. The van der Waals surface area contributed by atoms with Crippen LogP contribution in [0.3, 0.4) is 0 Å². The highest BCUT2D eigenvalue weighted by Gasteiger charge is 1.69. The average molecular weight is 86.1 g/mol. The smallest absolute Gasteiger partial charge is 0.101 e. The predicted octanol–water partition coefficient (Wildman–Crippen LogP) is 0.838. The minimum atomic E-state index is 1.38. The van der Waals surface area contributed by atoms with E-state index in [4.69, 9.17) is 0 Å². The molecule has 30 valence electrons. The second kappa shape index (κ2) is 4.53. The minimum absolute atomic E-state index is 1.38. The topological polar surface area (TPSA) is 0 Å². The number of hydrogen-bond acceptors (Lipinski definition) is 0. The fourth-order valence-electron chi connectivity index (χ4n) is 0.354. The normalized spacial score (nSPS) is 8.20. The van der Waals surface area contributed by atoms with Crippen molar-refractivity contribution in [2.75, 3.05) is 0 Å². The Morgan fingerprint density at radius 3 is 2.20 bits per heavy atom. The lowest BCUT2D eigenvalue weighted by atomic mass is 10.4. The highest BCUT2D eigenvalue weighted by atomic mass is 27.0. The van der Waals surface area contributed by atoms with E-state index in [0.29, 0.717) is 0 Å². The third-order valence-electron chi connectivity index (χ3n) is 0.707. The zero-order valence-corrected chi connectivity index (χ0v) is 6.12. The molecule has 0 aromatic rings. The van der Waals surface area contributed by atoms with Crippen molar-refractivity contribution in [2.24, 2.45) is 0 Å². The number of unbranched alkanes of at least 4 members (excludes halogenated alkanes) is 1. The van der Waals surface area contributed by atoms with Gasteiger partial charge in [-0.2, -0.15) is 0 Å². The van der Waals surface area contributed by atoms with Crippen molar-refractivity contribution in [1.82, 2.24) is 0 Å². The molecule has 0 saturated carbocycles. The quantitative estimate of drug-likeness (QED) is 0.437. The summed E-state index contributed by atoms with van der Waals surface area (Å²) in [6.45, 7) is 2.23. The fourth-order valence-corrected chi connectivity index (χ4v) is 1.06. The minimum Gasteiger partial charge on any atom is -0.101 e. The van der Waals surface area contributed by atoms with E-state index in [1.54, 1.807) is 0 Å². The van der Waals surface area contributed by atoms with E-state index in [-0.39, 0.29) is 0 Å². The summed E-state index contributed by atoms with van der Waals surface area (Å²) in [7, 11) is 0. The Balaban J connectivity index is 2.19. The molecule has 5 heavy (non-hydrogen) atoms. The summed E-state index contributed by atoms with van der Waals surface area (Å²) in [5, 5.41) is 1.48. The summed E-state index contributed by atoms with van der Waals surface area (Å²) < 4.78 is 0. The first-order chi connectivity index (χ1) is 2.41. The van der Waals surface area contributed by atoms with Gasteiger partial charge in [0.1, 0.15) is 0 Å². The molecule has 0 spiro atoms. The lowest BCUT2D eigenvalue weighted by molar-refractivity contribution is 0.884. The maximum absolute atomic E-state index is 2.23. The van der Waals surface area contributed by atoms with E-state index in [1.165, 1.54) is 34.4 Å². The van der Waals surface area contributed by atoms with Gasteiger partial charge in [-0.05, 0) is 0 Å². The molecule has 0 atom stereocenters. The van der Waals surface area contributed by atoms with Crippen molar-refractivity contribution < 1.29 is 0 Å². The van der Waals surface area contributed by atoms with E-state index in [0.717, 1.165) is 0 Å². The van der Waals surface area contributed by atoms with Gasteiger partial charge in [-0.1, -0.05) is 19.8 Å². The van der Waals surface area contributed by atoms with Crippen molar-refractivity contribution >= 4 is 16.3 Å². The molecule has 0 aromatic carbocycles. The van der Waals surface area contributed by atoms with Crippen LogP contribution in [0.4, 0.5) is 0 Å². The van der Waals surface area contributed by atoms with Crippen LogP contribution in [0, 0.1) is 0 Å². The first-order valence-electron chi connectivity index (χ1n) is 2.41. The highest BCUT2D eigenvalue weighted by molar-refractivity contribution is 6.08. The van der Waals surface area contributed by atoms with Gasteiger partial charge < -0.3 is 0 Å². The standard InChI is InChI=1S/C4H9.Al.2H/c1-3-4-2;;;/h1,3-4H2,2H3;;;. The Hall–Kier alpha value is 0.532. The maximum Gasteiger partial charge on any atom is 0.211 e. The Morgan fingerprint density at radius 1 is 1.60 bits per heavy atom. The summed E-state index contributed by atoms with van der Waals surface area (Å²) in [4.78, 5) is 0. The molecule has 0 bridgehead atoms. The number of rotatable bonds is 2. The molecule has 0 amide bonds. The molecule has 0 aromatic heterocycles. The molecule has 0 nitrogen and oxygen atoms in total. The zero-order valence-electron chi connectivity index (χ0n) is 4.12. The Morgan fingerprint density at radius 2 is 2.20 bits per heavy atom. The fraction of sp³-hybridized carbons (Fsp3) is 1.00. The van der Waals surface area contributed by atoms with Crippen LogP contribution in [0.25, 0.3) is 0 Å². The van der Waals surface area contributed by atoms with Crippen LogP contribution in [0.2, 0.25) is 5.28 Å². The summed E-state index contributed by atoms with van der Waals surface area (Å²) in [5.74, 6) is 0. The first-order valence-corrected chi connectivity index (χ1v) is 3.83. The van der Waals surface area contributed by atoms with Crippen LogP contribution < -0.4 is 0 Å². The van der Waals surface area contributed by atoms with Gasteiger partial charge in [-0.3, -0.25) is 0 Å². The summed E-state index contributed by atoms with van der Waals surface area (Å²) in [6.07, 6.45) is 2.83. The lowest BCUT2D eigenvalue weighted by Gasteiger charge is -1.78. The van der Waals surface area contributed by atoms with E-state index < -0.39 is 0 Å². The molecular formula is C4H11Al. The van der Waals surface area contributed by atoms with Crippen molar-refractivity contribution in [3.05, 3.63) is 0 Å². The van der Waals surface area contributed by atoms with E-state index in [9.17, 15) is 0 Å². The van der Waals surface area contributed by atoms with Crippen LogP contribution >= 0.6 is 0 Å². The molecule has 0 fully saturated rings. The molecule has 0 rings (SSSR count). The van der Waals surface area contributed by atoms with Crippen molar-refractivity contribution in [1.29, 1.82) is 0 Å². The van der Waals surface area contributed by atoms with Gasteiger partial charge in [0, 0.05) is 0 Å². The largest absolute Gasteiger partial charge is 0.211 e. The van der Waals surface area contributed by atoms with Crippen LogP contribution in [0.5, 0.6) is 0 Å². The molecule has 0 unspecified atom stereocenters. The van der Waals surface area contributed by atoms with Crippen LogP contribution in [-0.2, 0) is 0 Å². The molecule has 0 aliphatic carbocycles. The average Bonchev–Trinajstić information content (AvgIpc) is 1.41. The molecule has 0 heterocycles. The van der Waals surface area contributed by atoms with Crippen LogP contribution in [-0.4, -0.2) is 16.3 Å². The SMILES string of the molecule is CCC[CH2][AlH2]. The Bertz CT molecular complexity index is 11.1. The highest BCUT2D eigenvalue weighted by Crippen LogP contribution is 1.86. The summed E-state index contributed by atoms with van der Waals surface area (Å²) in [6, 6.07) is 0. The molecular weight excluding hydrogens is 75.0 g/mol. The third-order valence-corrected chi connectivity index (χ3v) is 1.41. The van der Waals surface area contributed by atoms with Crippen molar-refractivity contribution in [2.45, 2.75) is 25.0 Å². The van der Waals surface area contributed by atoms with Gasteiger partial charge in [0.25, 0.3) is 0 Å². The van der Waals surface area contributed by atoms with Crippen molar-refractivity contribution in [3.63, 3.8) is 0 Å². The van der Waals surface area contributed by atoms with Gasteiger partial charge in [0.2, 0.25) is 16.3 Å². The van der Waals surface area contributed by atoms with Gasteiger partial charge >= 0.3 is 0 Å². The van der Waals surface area contributed by atoms with E-state index in [2.05, 4.69) is 6.92 Å². The monoisotopic (exact) mass is 86.1 g/mol. The van der Waals surface area contributed by atoms with Gasteiger partial charge in [-0.15, -0.1) is 5.28 Å². The predicted molar refractivity (Wildman–Crippen MR) is 28.3 cm³/mol. The second-order valence-electron chi connectivity index (χ2n) is 1.35. The van der Waals surface area contributed by atoms with Crippen LogP contribution in [0.15, 0.2) is 0 Å². The molecule has 0 aliphatic heterocycles. The molecule has 0 radical (unpaired) electrons. The maximum atomic E-state index is 2.23. The zero-order chi connectivity index (χ0) is 4.12. The molecule has 0 aliphatic rings. The van der Waals surface area contributed by atoms with E-state index in [1.807, 2.05) is 0 Å². The van der Waals surface area contributed by atoms with Gasteiger partial charge in [0.05, 0.1) is 0 Å². The third kappa shape index (κ3) is 4.53. The van der Waals surface area contributed by atoms with Gasteiger partial charge in [-0.25, -0.2) is 0 Å². The Kier molecular flexibility index (Phi) is 5.02. The van der Waals surface area contributed by atoms with Crippen molar-refractivity contribution in [3.8, 4) is 0 Å². The summed E-state index contributed by atoms with van der Waals surface area (Å²) >= 11 is 1.40. The first kappa shape index (κ1) is 5.53.